The second-order valence-electron chi connectivity index (χ2n) is 4.91. The van der Waals surface area contributed by atoms with Crippen LogP contribution in [0.1, 0.15) is 33.9 Å². The van der Waals surface area contributed by atoms with Gasteiger partial charge in [-0.3, -0.25) is 9.78 Å². The van der Waals surface area contributed by atoms with Crippen LogP contribution in [0.15, 0.2) is 41.1 Å². The fourth-order valence-corrected chi connectivity index (χ4v) is 2.93. The first-order valence-electron chi connectivity index (χ1n) is 6.43. The average Bonchev–Trinajstić information content (AvgIpc) is 2.81. The third-order valence-corrected chi connectivity index (χ3v) is 3.95. The van der Waals surface area contributed by atoms with Gasteiger partial charge in [0.1, 0.15) is 0 Å². The first kappa shape index (κ1) is 13.1. The summed E-state index contributed by atoms with van der Waals surface area (Å²) in [6.45, 7) is 0. The minimum absolute atomic E-state index is 0.0529. The van der Waals surface area contributed by atoms with E-state index >= 15 is 0 Å². The van der Waals surface area contributed by atoms with Crippen LogP contribution in [0.25, 0.3) is 0 Å². The second kappa shape index (κ2) is 5.25. The first-order chi connectivity index (χ1) is 9.63. The van der Waals surface area contributed by atoms with Gasteiger partial charge in [0, 0.05) is 22.6 Å². The van der Waals surface area contributed by atoms with Crippen molar-refractivity contribution in [3.05, 3.63) is 57.8 Å². The number of nitrogen functional groups attached to an aromatic ring is 1. The molecular formula is C15H14BrN3O. The van der Waals surface area contributed by atoms with Gasteiger partial charge in [0.05, 0.1) is 11.6 Å². The second-order valence-corrected chi connectivity index (χ2v) is 5.83. The number of pyridine rings is 1. The van der Waals surface area contributed by atoms with E-state index in [0.717, 1.165) is 28.6 Å². The number of benzene rings is 1. The lowest BCUT2D eigenvalue weighted by molar-refractivity contribution is 0.0936. The fourth-order valence-electron chi connectivity index (χ4n) is 2.57. The molecule has 4 nitrogen and oxygen atoms in total. The molecular weight excluding hydrogens is 318 g/mol. The number of amides is 1. The highest BCUT2D eigenvalue weighted by molar-refractivity contribution is 9.10. The molecule has 3 rings (SSSR count). The molecule has 0 aliphatic heterocycles. The molecule has 20 heavy (non-hydrogen) atoms. The van der Waals surface area contributed by atoms with E-state index in [9.17, 15) is 4.79 Å². The fraction of sp³-hybridized carbons (Fsp3) is 0.200. The zero-order valence-electron chi connectivity index (χ0n) is 10.8. The highest BCUT2D eigenvalue weighted by atomic mass is 79.9. The molecule has 5 heteroatoms. The Morgan fingerprint density at radius 3 is 3.00 bits per heavy atom. The van der Waals surface area contributed by atoms with E-state index in [2.05, 4.69) is 26.2 Å². The quantitative estimate of drug-likeness (QED) is 0.831. The van der Waals surface area contributed by atoms with Crippen molar-refractivity contribution in [2.24, 2.45) is 0 Å². The van der Waals surface area contributed by atoms with Crippen LogP contribution in [-0.4, -0.2) is 10.9 Å². The maximum atomic E-state index is 12.2. The molecule has 1 atom stereocenters. The number of nitrogens with zero attached hydrogens (tertiary/aromatic N) is 1. The number of nitrogens with one attached hydrogen (secondary N) is 1. The first-order valence-corrected chi connectivity index (χ1v) is 7.22. The van der Waals surface area contributed by atoms with Gasteiger partial charge in [-0.15, -0.1) is 0 Å². The van der Waals surface area contributed by atoms with Crippen LogP contribution in [0, 0.1) is 0 Å². The minimum Gasteiger partial charge on any atom is -0.399 e. The number of hydrogen-bond donors (Lipinski definition) is 2. The Hall–Kier alpha value is -1.88. The Labute approximate surface area is 125 Å². The van der Waals surface area contributed by atoms with E-state index < -0.39 is 0 Å². The summed E-state index contributed by atoms with van der Waals surface area (Å²) >= 11 is 3.32. The van der Waals surface area contributed by atoms with Gasteiger partial charge in [0.25, 0.3) is 5.91 Å². The molecule has 0 radical (unpaired) electrons. The number of anilines is 1. The van der Waals surface area contributed by atoms with Crippen molar-refractivity contribution >= 4 is 27.5 Å². The summed E-state index contributed by atoms with van der Waals surface area (Å²) in [5, 5.41) is 3.06. The van der Waals surface area contributed by atoms with Gasteiger partial charge in [-0.1, -0.05) is 6.07 Å². The number of carbonyl (C=O) groups is 1. The summed E-state index contributed by atoms with van der Waals surface area (Å²) in [6, 6.07) is 7.69. The predicted molar refractivity (Wildman–Crippen MR) is 81.3 cm³/mol. The Balaban J connectivity index is 1.79. The highest BCUT2D eigenvalue weighted by Gasteiger charge is 2.24. The normalized spacial score (nSPS) is 16.8. The largest absolute Gasteiger partial charge is 0.399 e. The Morgan fingerprint density at radius 2 is 2.20 bits per heavy atom. The average molecular weight is 332 g/mol. The zero-order valence-corrected chi connectivity index (χ0v) is 12.4. The van der Waals surface area contributed by atoms with E-state index in [1.807, 2.05) is 18.2 Å². The number of hydrogen-bond acceptors (Lipinski definition) is 3. The lowest BCUT2D eigenvalue weighted by atomic mass is 10.1. The van der Waals surface area contributed by atoms with Gasteiger partial charge in [0.2, 0.25) is 0 Å². The van der Waals surface area contributed by atoms with Crippen LogP contribution < -0.4 is 11.1 Å². The molecule has 0 bridgehead atoms. The lowest BCUT2D eigenvalue weighted by Crippen LogP contribution is -2.27. The monoisotopic (exact) mass is 331 g/mol. The van der Waals surface area contributed by atoms with Crippen LogP contribution in [0.3, 0.4) is 0 Å². The molecule has 1 aromatic carbocycles. The van der Waals surface area contributed by atoms with Crippen molar-refractivity contribution in [3.63, 3.8) is 0 Å². The van der Waals surface area contributed by atoms with Crippen molar-refractivity contribution in [1.29, 1.82) is 0 Å². The summed E-state index contributed by atoms with van der Waals surface area (Å²) in [5.74, 6) is -0.103. The maximum Gasteiger partial charge on any atom is 0.253 e. The van der Waals surface area contributed by atoms with Gasteiger partial charge in [0.15, 0.2) is 0 Å². The van der Waals surface area contributed by atoms with Crippen molar-refractivity contribution in [1.82, 2.24) is 10.3 Å². The summed E-state index contributed by atoms with van der Waals surface area (Å²) in [6.07, 6.45) is 5.08. The number of nitrogens with two attached hydrogens (primary N) is 1. The van der Waals surface area contributed by atoms with Crippen LogP contribution in [0.4, 0.5) is 5.69 Å². The van der Waals surface area contributed by atoms with E-state index in [-0.39, 0.29) is 11.9 Å². The summed E-state index contributed by atoms with van der Waals surface area (Å²) < 4.78 is 0.796. The standard InChI is InChI=1S/C15H14BrN3O/c16-11-5-10(7-18-8-11)15(20)19-14-4-1-9-6-12(17)2-3-13(9)14/h2-3,5-8,14H,1,4,17H2,(H,19,20). The van der Waals surface area contributed by atoms with Crippen molar-refractivity contribution in [2.45, 2.75) is 18.9 Å². The number of rotatable bonds is 2. The molecule has 2 aromatic rings. The third-order valence-electron chi connectivity index (χ3n) is 3.52. The van der Waals surface area contributed by atoms with Gasteiger partial charge < -0.3 is 11.1 Å². The topological polar surface area (TPSA) is 68.0 Å². The van der Waals surface area contributed by atoms with E-state index in [1.54, 1.807) is 18.5 Å². The van der Waals surface area contributed by atoms with Gasteiger partial charge >= 0.3 is 0 Å². The van der Waals surface area contributed by atoms with Crippen molar-refractivity contribution in [3.8, 4) is 0 Å². The molecule has 1 heterocycles. The number of fused-ring (bicyclic) bond motifs is 1. The van der Waals surface area contributed by atoms with E-state index in [1.165, 1.54) is 5.56 Å². The molecule has 1 amide bonds. The Morgan fingerprint density at radius 1 is 1.35 bits per heavy atom. The van der Waals surface area contributed by atoms with Crippen molar-refractivity contribution < 1.29 is 4.79 Å². The summed E-state index contributed by atoms with van der Waals surface area (Å²) in [4.78, 5) is 16.2. The smallest absolute Gasteiger partial charge is 0.253 e. The molecule has 3 N–H and O–H groups in total. The van der Waals surface area contributed by atoms with Gasteiger partial charge in [-0.2, -0.15) is 0 Å². The number of aromatic nitrogens is 1. The SMILES string of the molecule is Nc1ccc2c(c1)CCC2NC(=O)c1cncc(Br)c1. The Bertz CT molecular complexity index is 672. The molecule has 0 fully saturated rings. The number of carbonyl (C=O) groups excluding carboxylic acids is 1. The van der Waals surface area contributed by atoms with E-state index in [4.69, 9.17) is 5.73 Å². The summed E-state index contributed by atoms with van der Waals surface area (Å²) in [5.41, 5.74) is 9.50. The van der Waals surface area contributed by atoms with Crippen LogP contribution in [-0.2, 0) is 6.42 Å². The molecule has 102 valence electrons. The number of halogens is 1. The van der Waals surface area contributed by atoms with Gasteiger partial charge in [-0.05, 0) is 58.1 Å². The maximum absolute atomic E-state index is 12.2. The third kappa shape index (κ3) is 2.54. The predicted octanol–water partition coefficient (Wildman–Crippen LogP) is 2.84. The Kier molecular flexibility index (Phi) is 3.44. The number of aryl methyl sites for hydroxylation is 1. The molecule has 1 unspecified atom stereocenters. The minimum atomic E-state index is -0.103. The lowest BCUT2D eigenvalue weighted by Gasteiger charge is -2.14. The summed E-state index contributed by atoms with van der Waals surface area (Å²) in [7, 11) is 0. The molecule has 1 aromatic heterocycles. The van der Waals surface area contributed by atoms with Gasteiger partial charge in [-0.25, -0.2) is 0 Å². The highest BCUT2D eigenvalue weighted by Crippen LogP contribution is 2.32. The van der Waals surface area contributed by atoms with Crippen LogP contribution in [0.5, 0.6) is 0 Å². The van der Waals surface area contributed by atoms with Crippen molar-refractivity contribution in [2.75, 3.05) is 5.73 Å². The van der Waals surface area contributed by atoms with Crippen LogP contribution >= 0.6 is 15.9 Å². The molecule has 0 saturated carbocycles. The molecule has 0 saturated heterocycles. The van der Waals surface area contributed by atoms with E-state index in [0.29, 0.717) is 5.56 Å². The van der Waals surface area contributed by atoms with Crippen LogP contribution in [0.2, 0.25) is 0 Å². The molecule has 1 aliphatic carbocycles. The molecule has 0 spiro atoms. The zero-order chi connectivity index (χ0) is 14.1. The molecule has 1 aliphatic rings.